The highest BCUT2D eigenvalue weighted by Gasteiger charge is 2.22. The summed E-state index contributed by atoms with van der Waals surface area (Å²) in [6.45, 7) is 5.95. The van der Waals surface area contributed by atoms with Crippen LogP contribution in [0.2, 0.25) is 0 Å². The molecule has 2 heterocycles. The number of fused-ring (bicyclic) bond motifs is 1. The van der Waals surface area contributed by atoms with E-state index in [1.165, 1.54) is 12.8 Å². The largest absolute Gasteiger partial charge is 0.394 e. The second-order valence-electron chi connectivity index (χ2n) is 5.07. The third kappa shape index (κ3) is 2.66. The molecule has 0 spiro atoms. The van der Waals surface area contributed by atoms with Crippen LogP contribution in [0, 0.1) is 0 Å². The van der Waals surface area contributed by atoms with Crippen molar-refractivity contribution in [1.82, 2.24) is 20.1 Å². The van der Waals surface area contributed by atoms with Crippen LogP contribution < -0.4 is 5.32 Å². The van der Waals surface area contributed by atoms with Crippen molar-refractivity contribution in [2.75, 3.05) is 6.61 Å². The van der Waals surface area contributed by atoms with E-state index in [1.807, 2.05) is 6.92 Å². The van der Waals surface area contributed by atoms with E-state index in [9.17, 15) is 5.11 Å². The van der Waals surface area contributed by atoms with Crippen LogP contribution in [-0.2, 0) is 19.5 Å². The van der Waals surface area contributed by atoms with Crippen LogP contribution in [0.25, 0.3) is 0 Å². The minimum Gasteiger partial charge on any atom is -0.394 e. The molecule has 0 amide bonds. The summed E-state index contributed by atoms with van der Waals surface area (Å²) in [6.07, 6.45) is 4.36. The van der Waals surface area contributed by atoms with Gasteiger partial charge in [0.15, 0.2) is 0 Å². The molecule has 1 aliphatic rings. The zero-order valence-electron chi connectivity index (χ0n) is 10.7. The molecule has 0 bridgehead atoms. The van der Waals surface area contributed by atoms with Gasteiger partial charge in [-0.25, -0.2) is 0 Å². The molecular formula is C12H22N4O. The number of nitrogens with zero attached hydrogens (tertiary/aromatic N) is 3. The lowest BCUT2D eigenvalue weighted by molar-refractivity contribution is 0.167. The molecule has 5 heteroatoms. The molecule has 0 fully saturated rings. The normalized spacial score (nSPS) is 18.8. The van der Waals surface area contributed by atoms with Crippen LogP contribution in [-0.4, -0.2) is 32.0 Å². The molecule has 5 nitrogen and oxygen atoms in total. The maximum atomic E-state index is 9.35. The molecule has 1 atom stereocenters. The van der Waals surface area contributed by atoms with Crippen molar-refractivity contribution in [3.63, 3.8) is 0 Å². The predicted octanol–water partition coefficient (Wildman–Crippen LogP) is 0.865. The van der Waals surface area contributed by atoms with Crippen molar-refractivity contribution in [1.29, 1.82) is 0 Å². The Kier molecular flexibility index (Phi) is 3.79. The second-order valence-corrected chi connectivity index (χ2v) is 5.07. The fraction of sp³-hybridized carbons (Fsp3) is 0.833. The standard InChI is InChI=1S/C12H22N4O/c1-3-12(2,9-17)13-8-11-15-14-10-6-4-5-7-16(10)11/h13,17H,3-9H2,1-2H3. The summed E-state index contributed by atoms with van der Waals surface area (Å²) in [5, 5.41) is 21.2. The van der Waals surface area contributed by atoms with E-state index >= 15 is 0 Å². The van der Waals surface area contributed by atoms with Crippen LogP contribution in [0.1, 0.15) is 44.8 Å². The summed E-state index contributed by atoms with van der Waals surface area (Å²) in [7, 11) is 0. The third-order valence-corrected chi connectivity index (χ3v) is 3.74. The number of aryl methyl sites for hydroxylation is 1. The number of hydrogen-bond acceptors (Lipinski definition) is 4. The van der Waals surface area contributed by atoms with Gasteiger partial charge in [0.05, 0.1) is 13.2 Å². The lowest BCUT2D eigenvalue weighted by atomic mass is 10.0. The number of rotatable bonds is 5. The molecule has 0 saturated carbocycles. The van der Waals surface area contributed by atoms with Gasteiger partial charge < -0.3 is 15.0 Å². The SMILES string of the molecule is CCC(C)(CO)NCc1nnc2n1CCCC2. The van der Waals surface area contributed by atoms with Gasteiger partial charge in [0.25, 0.3) is 0 Å². The van der Waals surface area contributed by atoms with Crippen LogP contribution in [0.4, 0.5) is 0 Å². The van der Waals surface area contributed by atoms with E-state index < -0.39 is 0 Å². The van der Waals surface area contributed by atoms with Crippen molar-refractivity contribution in [3.05, 3.63) is 11.6 Å². The first-order valence-corrected chi connectivity index (χ1v) is 6.45. The Labute approximate surface area is 102 Å². The summed E-state index contributed by atoms with van der Waals surface area (Å²) in [5.74, 6) is 2.10. The van der Waals surface area contributed by atoms with Gasteiger partial charge in [0.2, 0.25) is 0 Å². The molecule has 2 rings (SSSR count). The molecule has 0 aliphatic carbocycles. The van der Waals surface area contributed by atoms with Crippen LogP contribution >= 0.6 is 0 Å². The van der Waals surface area contributed by atoms with E-state index in [0.29, 0.717) is 6.54 Å². The first-order chi connectivity index (χ1) is 8.18. The van der Waals surface area contributed by atoms with Crippen molar-refractivity contribution >= 4 is 0 Å². The van der Waals surface area contributed by atoms with Gasteiger partial charge in [-0.1, -0.05) is 6.92 Å². The van der Waals surface area contributed by atoms with Crippen molar-refractivity contribution in [2.24, 2.45) is 0 Å². The van der Waals surface area contributed by atoms with Crippen molar-refractivity contribution in [3.8, 4) is 0 Å². The lowest BCUT2D eigenvalue weighted by Crippen LogP contribution is -2.45. The zero-order valence-corrected chi connectivity index (χ0v) is 10.7. The Morgan fingerprint density at radius 3 is 2.94 bits per heavy atom. The smallest absolute Gasteiger partial charge is 0.147 e. The van der Waals surface area contributed by atoms with Gasteiger partial charge in [-0.2, -0.15) is 0 Å². The summed E-state index contributed by atoms with van der Waals surface area (Å²) in [4.78, 5) is 0. The molecule has 1 aromatic heterocycles. The highest BCUT2D eigenvalue weighted by Crippen LogP contribution is 2.15. The van der Waals surface area contributed by atoms with Crippen LogP contribution in [0.5, 0.6) is 0 Å². The highest BCUT2D eigenvalue weighted by atomic mass is 16.3. The van der Waals surface area contributed by atoms with E-state index in [2.05, 4.69) is 27.0 Å². The van der Waals surface area contributed by atoms with Crippen molar-refractivity contribution < 1.29 is 5.11 Å². The number of nitrogens with one attached hydrogen (secondary N) is 1. The number of aliphatic hydroxyl groups is 1. The number of hydrogen-bond donors (Lipinski definition) is 2. The molecule has 96 valence electrons. The second kappa shape index (κ2) is 5.14. The quantitative estimate of drug-likeness (QED) is 0.799. The van der Waals surface area contributed by atoms with Gasteiger partial charge in [0.1, 0.15) is 11.6 Å². The molecule has 2 N–H and O–H groups in total. The Bertz CT molecular complexity index is 371. The highest BCUT2D eigenvalue weighted by molar-refractivity contribution is 4.99. The van der Waals surface area contributed by atoms with Crippen LogP contribution in [0.3, 0.4) is 0 Å². The monoisotopic (exact) mass is 238 g/mol. The molecule has 17 heavy (non-hydrogen) atoms. The third-order valence-electron chi connectivity index (χ3n) is 3.74. The van der Waals surface area contributed by atoms with E-state index in [-0.39, 0.29) is 12.1 Å². The Balaban J connectivity index is 2.02. The molecule has 1 aromatic rings. The average molecular weight is 238 g/mol. The fourth-order valence-electron chi connectivity index (χ4n) is 2.08. The topological polar surface area (TPSA) is 63.0 Å². The van der Waals surface area contributed by atoms with Gasteiger partial charge >= 0.3 is 0 Å². The van der Waals surface area contributed by atoms with E-state index in [1.54, 1.807) is 0 Å². The lowest BCUT2D eigenvalue weighted by Gasteiger charge is -2.27. The maximum absolute atomic E-state index is 9.35. The number of aliphatic hydroxyl groups excluding tert-OH is 1. The van der Waals surface area contributed by atoms with Gasteiger partial charge in [-0.15, -0.1) is 10.2 Å². The zero-order chi connectivity index (χ0) is 12.3. The molecule has 0 saturated heterocycles. The Morgan fingerprint density at radius 1 is 1.41 bits per heavy atom. The minimum absolute atomic E-state index is 0.143. The van der Waals surface area contributed by atoms with Crippen molar-refractivity contribution in [2.45, 2.75) is 58.2 Å². The summed E-state index contributed by atoms with van der Waals surface area (Å²) in [5.41, 5.74) is -0.221. The molecule has 0 aromatic carbocycles. The van der Waals surface area contributed by atoms with E-state index in [4.69, 9.17) is 0 Å². The van der Waals surface area contributed by atoms with Gasteiger partial charge in [-0.05, 0) is 26.2 Å². The summed E-state index contributed by atoms with van der Waals surface area (Å²) in [6, 6.07) is 0. The summed E-state index contributed by atoms with van der Waals surface area (Å²) >= 11 is 0. The molecule has 1 unspecified atom stereocenters. The van der Waals surface area contributed by atoms with Gasteiger partial charge in [0, 0.05) is 18.5 Å². The average Bonchev–Trinajstić information content (AvgIpc) is 2.79. The first-order valence-electron chi connectivity index (χ1n) is 6.45. The number of aromatic nitrogens is 3. The summed E-state index contributed by atoms with van der Waals surface area (Å²) < 4.78 is 2.21. The Hall–Kier alpha value is -0.940. The first kappa shape index (κ1) is 12.5. The van der Waals surface area contributed by atoms with E-state index in [0.717, 1.165) is 31.0 Å². The predicted molar refractivity (Wildman–Crippen MR) is 65.6 cm³/mol. The fourth-order valence-corrected chi connectivity index (χ4v) is 2.08. The minimum atomic E-state index is -0.221. The van der Waals surface area contributed by atoms with Gasteiger partial charge in [-0.3, -0.25) is 0 Å². The molecular weight excluding hydrogens is 216 g/mol. The van der Waals surface area contributed by atoms with Crippen LogP contribution in [0.15, 0.2) is 0 Å². The Morgan fingerprint density at radius 2 is 2.24 bits per heavy atom. The molecule has 0 radical (unpaired) electrons. The maximum Gasteiger partial charge on any atom is 0.147 e. The molecule has 1 aliphatic heterocycles.